The fraction of sp³-hybridized carbons (Fsp3) is 0.185. The molecule has 0 aromatic heterocycles. The number of nitrogens with zero attached hydrogens (tertiary/aromatic N) is 3. The Morgan fingerprint density at radius 1 is 1.11 bits per heavy atom. The number of fused-ring (bicyclic) bond motifs is 1. The van der Waals surface area contributed by atoms with Crippen molar-refractivity contribution in [3.05, 3.63) is 99.1 Å². The van der Waals surface area contributed by atoms with Gasteiger partial charge in [-0.3, -0.25) is 14.9 Å². The van der Waals surface area contributed by atoms with Crippen molar-refractivity contribution >= 4 is 23.4 Å². The molecule has 0 saturated heterocycles. The number of nitro benzene ring substituents is 1. The zero-order valence-electron chi connectivity index (χ0n) is 19.1. The highest BCUT2D eigenvalue weighted by molar-refractivity contribution is 6.12. The number of para-hydroxylation sites is 2. The Morgan fingerprint density at radius 3 is 2.66 bits per heavy atom. The van der Waals surface area contributed by atoms with E-state index in [2.05, 4.69) is 0 Å². The van der Waals surface area contributed by atoms with E-state index in [1.54, 1.807) is 41.3 Å². The molecule has 0 atom stereocenters. The smallest absolute Gasteiger partial charge is 0.276 e. The summed E-state index contributed by atoms with van der Waals surface area (Å²) in [6, 6.07) is 21.1. The van der Waals surface area contributed by atoms with E-state index in [0.29, 0.717) is 35.8 Å². The van der Waals surface area contributed by atoms with Gasteiger partial charge in [0.1, 0.15) is 18.2 Å². The number of rotatable bonds is 8. The number of hydrogen-bond donors (Lipinski definition) is 0. The number of hydrogen-bond acceptors (Lipinski definition) is 6. The van der Waals surface area contributed by atoms with Gasteiger partial charge in [-0.2, -0.15) is 5.26 Å². The first-order valence-corrected chi connectivity index (χ1v) is 11.1. The zero-order valence-corrected chi connectivity index (χ0v) is 19.1. The molecule has 0 aliphatic carbocycles. The van der Waals surface area contributed by atoms with E-state index in [1.165, 1.54) is 12.1 Å². The predicted octanol–water partition coefficient (Wildman–Crippen LogP) is 5.07. The van der Waals surface area contributed by atoms with Gasteiger partial charge in [0.25, 0.3) is 11.6 Å². The van der Waals surface area contributed by atoms with E-state index in [-0.39, 0.29) is 23.8 Å². The first-order valence-electron chi connectivity index (χ1n) is 11.1. The average Bonchev–Trinajstić information content (AvgIpc) is 3.31. The lowest BCUT2D eigenvalue weighted by molar-refractivity contribution is -0.385. The molecular formula is C27H23N3O5. The lowest BCUT2D eigenvalue weighted by Gasteiger charge is -2.17. The molecule has 1 aliphatic heterocycles. The fourth-order valence-corrected chi connectivity index (χ4v) is 3.97. The molecule has 35 heavy (non-hydrogen) atoms. The van der Waals surface area contributed by atoms with Crippen LogP contribution in [0.5, 0.6) is 11.5 Å². The molecular weight excluding hydrogens is 446 g/mol. The summed E-state index contributed by atoms with van der Waals surface area (Å²) in [5.41, 5.74) is 2.93. The van der Waals surface area contributed by atoms with E-state index in [0.717, 1.165) is 17.7 Å². The van der Waals surface area contributed by atoms with Crippen LogP contribution < -0.4 is 14.4 Å². The van der Waals surface area contributed by atoms with Crippen LogP contribution in [0.2, 0.25) is 0 Å². The summed E-state index contributed by atoms with van der Waals surface area (Å²) in [5, 5.41) is 21.0. The molecule has 0 unspecified atom stereocenters. The molecule has 0 fully saturated rings. The van der Waals surface area contributed by atoms with Crippen molar-refractivity contribution < 1.29 is 19.2 Å². The number of nitro groups is 1. The summed E-state index contributed by atoms with van der Waals surface area (Å²) in [6.07, 6.45) is 2.28. The highest BCUT2D eigenvalue weighted by atomic mass is 16.6. The molecule has 8 heteroatoms. The van der Waals surface area contributed by atoms with Gasteiger partial charge in [0.2, 0.25) is 0 Å². The highest BCUT2D eigenvalue weighted by Gasteiger charge is 2.26. The van der Waals surface area contributed by atoms with Gasteiger partial charge in [0.15, 0.2) is 11.5 Å². The molecule has 1 aliphatic rings. The zero-order chi connectivity index (χ0) is 24.8. The lowest BCUT2D eigenvalue weighted by Crippen LogP contribution is -2.29. The Bertz CT molecular complexity index is 1340. The third kappa shape index (κ3) is 5.14. The van der Waals surface area contributed by atoms with Crippen LogP contribution in [-0.4, -0.2) is 24.0 Å². The topological polar surface area (TPSA) is 106 Å². The van der Waals surface area contributed by atoms with Crippen molar-refractivity contribution in [1.82, 2.24) is 0 Å². The number of amides is 1. The van der Waals surface area contributed by atoms with Gasteiger partial charge in [-0.15, -0.1) is 0 Å². The molecule has 8 nitrogen and oxygen atoms in total. The molecule has 176 valence electrons. The Labute approximate surface area is 202 Å². The van der Waals surface area contributed by atoms with E-state index in [9.17, 15) is 20.2 Å². The normalized spacial score (nSPS) is 12.6. The fourth-order valence-electron chi connectivity index (χ4n) is 3.97. The monoisotopic (exact) mass is 469 g/mol. The van der Waals surface area contributed by atoms with Crippen molar-refractivity contribution in [2.45, 2.75) is 20.0 Å². The number of benzene rings is 3. The third-order valence-corrected chi connectivity index (χ3v) is 5.63. The maximum absolute atomic E-state index is 13.1. The van der Waals surface area contributed by atoms with Gasteiger partial charge < -0.3 is 14.4 Å². The second-order valence-electron chi connectivity index (χ2n) is 7.82. The highest BCUT2D eigenvalue weighted by Crippen LogP contribution is 2.32. The predicted molar refractivity (Wildman–Crippen MR) is 131 cm³/mol. The van der Waals surface area contributed by atoms with Crippen molar-refractivity contribution in [3.63, 3.8) is 0 Å². The molecule has 3 aromatic carbocycles. The van der Waals surface area contributed by atoms with Gasteiger partial charge in [0, 0.05) is 18.3 Å². The van der Waals surface area contributed by atoms with E-state index < -0.39 is 4.92 Å². The molecule has 0 radical (unpaired) electrons. The van der Waals surface area contributed by atoms with Crippen molar-refractivity contribution in [2.24, 2.45) is 0 Å². The van der Waals surface area contributed by atoms with Gasteiger partial charge in [-0.25, -0.2) is 0 Å². The van der Waals surface area contributed by atoms with Crippen LogP contribution in [0, 0.1) is 21.4 Å². The molecule has 0 spiro atoms. The first-order chi connectivity index (χ1) is 17.0. The Balaban J connectivity index is 1.57. The molecule has 3 aromatic rings. The van der Waals surface area contributed by atoms with Crippen molar-refractivity contribution in [2.75, 3.05) is 18.1 Å². The maximum atomic E-state index is 13.1. The summed E-state index contributed by atoms with van der Waals surface area (Å²) in [6.45, 7) is 2.70. The second-order valence-corrected chi connectivity index (χ2v) is 7.82. The lowest BCUT2D eigenvalue weighted by atomic mass is 10.1. The molecule has 0 saturated carbocycles. The minimum absolute atomic E-state index is 0.0112. The Kier molecular flexibility index (Phi) is 7.07. The van der Waals surface area contributed by atoms with Crippen LogP contribution in [0.1, 0.15) is 23.6 Å². The summed E-state index contributed by atoms with van der Waals surface area (Å²) >= 11 is 0. The van der Waals surface area contributed by atoms with Crippen LogP contribution in [-0.2, 0) is 17.8 Å². The summed E-state index contributed by atoms with van der Waals surface area (Å²) in [5.74, 6) is 0.462. The van der Waals surface area contributed by atoms with E-state index in [1.807, 2.05) is 37.3 Å². The Morgan fingerprint density at radius 2 is 1.89 bits per heavy atom. The number of carbonyl (C=O) groups excluding carboxylic acids is 1. The molecule has 0 N–H and O–H groups in total. The van der Waals surface area contributed by atoms with Crippen molar-refractivity contribution in [3.8, 4) is 17.6 Å². The van der Waals surface area contributed by atoms with E-state index in [4.69, 9.17) is 9.47 Å². The largest absolute Gasteiger partial charge is 0.490 e. The van der Waals surface area contributed by atoms with Crippen LogP contribution in [0.3, 0.4) is 0 Å². The molecule has 1 amide bonds. The maximum Gasteiger partial charge on any atom is 0.276 e. The molecule has 0 bridgehead atoms. The SMILES string of the molecule is CCOc1cc(/C=C(\C#N)C(=O)N2CCc3ccccc32)ccc1OCc1ccccc1[N+](=O)[O-]. The van der Waals surface area contributed by atoms with Gasteiger partial charge in [-0.1, -0.05) is 36.4 Å². The number of anilines is 1. The summed E-state index contributed by atoms with van der Waals surface area (Å²) in [4.78, 5) is 25.5. The van der Waals surface area contributed by atoms with Crippen LogP contribution in [0.4, 0.5) is 11.4 Å². The van der Waals surface area contributed by atoms with Crippen molar-refractivity contribution in [1.29, 1.82) is 5.26 Å². The average molecular weight is 469 g/mol. The minimum Gasteiger partial charge on any atom is -0.490 e. The molecule has 1 heterocycles. The summed E-state index contributed by atoms with van der Waals surface area (Å²) in [7, 11) is 0. The van der Waals surface area contributed by atoms with Gasteiger partial charge >= 0.3 is 0 Å². The number of nitriles is 1. The van der Waals surface area contributed by atoms with Crippen LogP contribution in [0.15, 0.2) is 72.3 Å². The molecule has 4 rings (SSSR count). The van der Waals surface area contributed by atoms with Gasteiger partial charge in [-0.05, 0) is 54.8 Å². The first kappa shape index (κ1) is 23.5. The minimum atomic E-state index is -0.449. The number of ether oxygens (including phenoxy) is 2. The van der Waals surface area contributed by atoms with Crippen LogP contribution >= 0.6 is 0 Å². The van der Waals surface area contributed by atoms with Crippen LogP contribution in [0.25, 0.3) is 6.08 Å². The second kappa shape index (κ2) is 10.5. The quantitative estimate of drug-likeness (QED) is 0.197. The number of carbonyl (C=O) groups is 1. The standard InChI is InChI=1S/C27H23N3O5/c1-2-34-26-16-19(11-12-25(26)35-18-21-8-4-6-10-24(21)30(32)33)15-22(17-28)27(31)29-14-13-20-7-3-5-9-23(20)29/h3-12,15-16H,2,13-14,18H2,1H3/b22-15+. The van der Waals surface area contributed by atoms with E-state index >= 15 is 0 Å². The summed E-state index contributed by atoms with van der Waals surface area (Å²) < 4.78 is 11.5. The third-order valence-electron chi connectivity index (χ3n) is 5.63. The van der Waals surface area contributed by atoms with Gasteiger partial charge in [0.05, 0.1) is 17.1 Å². The Hall–Kier alpha value is -4.64.